The lowest BCUT2D eigenvalue weighted by Crippen LogP contribution is -2.43. The van der Waals surface area contributed by atoms with Gasteiger partial charge in [-0.25, -0.2) is 8.42 Å². The Balaban J connectivity index is 3.25. The molecule has 0 saturated carbocycles. The predicted molar refractivity (Wildman–Crippen MR) is 80.4 cm³/mol. The number of thiophene rings is 1. The van der Waals surface area contributed by atoms with Crippen LogP contribution in [-0.2, 0) is 9.84 Å². The highest BCUT2D eigenvalue weighted by molar-refractivity contribution is 9.13. The number of halogens is 2. The summed E-state index contributed by atoms with van der Waals surface area (Å²) in [6.07, 6.45) is 1.27. The van der Waals surface area contributed by atoms with Crippen LogP contribution in [0.2, 0.25) is 0 Å². The number of nitrogens with one attached hydrogen (secondary N) is 1. The Morgan fingerprint density at radius 3 is 2.24 bits per heavy atom. The smallest absolute Gasteiger partial charge is 0.154 e. The third-order valence-corrected chi connectivity index (χ3v) is 8.36. The maximum Gasteiger partial charge on any atom is 0.154 e. The van der Waals surface area contributed by atoms with Gasteiger partial charge < -0.3 is 5.32 Å². The molecule has 1 aromatic heterocycles. The van der Waals surface area contributed by atoms with Gasteiger partial charge in [0.25, 0.3) is 0 Å². The van der Waals surface area contributed by atoms with E-state index in [0.29, 0.717) is 0 Å². The first-order valence-electron chi connectivity index (χ1n) is 4.93. The molecule has 1 N–H and O–H groups in total. The molecule has 0 bridgehead atoms. The van der Waals surface area contributed by atoms with E-state index in [2.05, 4.69) is 37.2 Å². The van der Waals surface area contributed by atoms with E-state index in [-0.39, 0.29) is 6.04 Å². The average molecular weight is 405 g/mol. The molecule has 0 spiro atoms. The topological polar surface area (TPSA) is 46.2 Å². The first-order chi connectivity index (χ1) is 7.61. The number of hydrogen-bond acceptors (Lipinski definition) is 4. The number of rotatable bonds is 4. The Labute approximate surface area is 123 Å². The van der Waals surface area contributed by atoms with E-state index in [1.807, 2.05) is 6.07 Å². The van der Waals surface area contributed by atoms with Gasteiger partial charge in [0.15, 0.2) is 9.84 Å². The Morgan fingerprint density at radius 2 is 1.94 bits per heavy atom. The van der Waals surface area contributed by atoms with Crippen LogP contribution in [0.5, 0.6) is 0 Å². The summed E-state index contributed by atoms with van der Waals surface area (Å²) in [5, 5.41) is 3.10. The lowest BCUT2D eigenvalue weighted by molar-refractivity contribution is 0.451. The molecule has 0 amide bonds. The molecule has 0 aliphatic heterocycles. The van der Waals surface area contributed by atoms with Gasteiger partial charge in [0.2, 0.25) is 0 Å². The lowest BCUT2D eigenvalue weighted by atomic mass is 10.0. The van der Waals surface area contributed by atoms with Crippen LogP contribution in [0.3, 0.4) is 0 Å². The molecular weight excluding hydrogens is 390 g/mol. The van der Waals surface area contributed by atoms with Crippen molar-refractivity contribution in [2.45, 2.75) is 24.6 Å². The van der Waals surface area contributed by atoms with E-state index in [0.717, 1.165) is 13.1 Å². The first-order valence-corrected chi connectivity index (χ1v) is 9.22. The van der Waals surface area contributed by atoms with Gasteiger partial charge in [0.05, 0.1) is 14.6 Å². The Hall–Kier alpha value is 0.570. The largest absolute Gasteiger partial charge is 0.311 e. The second-order valence-corrected chi connectivity index (χ2v) is 10.2. The maximum atomic E-state index is 11.9. The SMILES string of the molecule is CNC(c1cc(Br)c(Br)s1)C(C)(C)S(C)(=O)=O. The number of hydrogen-bond donors (Lipinski definition) is 1. The molecule has 0 aliphatic rings. The summed E-state index contributed by atoms with van der Waals surface area (Å²) in [6.45, 7) is 3.48. The van der Waals surface area contributed by atoms with Crippen molar-refractivity contribution in [1.82, 2.24) is 5.32 Å². The Kier molecular flexibility index (Phi) is 4.86. The average Bonchev–Trinajstić information content (AvgIpc) is 2.45. The molecule has 1 heterocycles. The minimum absolute atomic E-state index is 0.231. The molecule has 1 aromatic rings. The zero-order valence-corrected chi connectivity index (χ0v) is 14.8. The fraction of sp³-hybridized carbons (Fsp3) is 0.600. The molecule has 1 atom stereocenters. The molecule has 0 aromatic carbocycles. The zero-order valence-electron chi connectivity index (χ0n) is 10.0. The summed E-state index contributed by atoms with van der Waals surface area (Å²) >= 11 is 8.38. The summed E-state index contributed by atoms with van der Waals surface area (Å²) in [5.41, 5.74) is 0. The summed E-state index contributed by atoms with van der Waals surface area (Å²) in [7, 11) is -1.37. The molecule has 17 heavy (non-hydrogen) atoms. The van der Waals surface area contributed by atoms with Crippen LogP contribution >= 0.6 is 43.2 Å². The standard InChI is InChI=1S/C10H15Br2NO2S2/c1-10(2,17(4,14)15)8(13-3)7-5-6(11)9(12)16-7/h5,8,13H,1-4H3. The summed E-state index contributed by atoms with van der Waals surface area (Å²) in [5.74, 6) is 0. The van der Waals surface area contributed by atoms with Gasteiger partial charge in [-0.05, 0) is 58.8 Å². The van der Waals surface area contributed by atoms with Crippen molar-refractivity contribution < 1.29 is 8.42 Å². The molecule has 1 rings (SSSR count). The minimum Gasteiger partial charge on any atom is -0.311 e. The molecule has 1 unspecified atom stereocenters. The van der Waals surface area contributed by atoms with E-state index in [1.54, 1.807) is 20.9 Å². The van der Waals surface area contributed by atoms with Crippen molar-refractivity contribution in [3.05, 3.63) is 19.2 Å². The van der Waals surface area contributed by atoms with Crippen molar-refractivity contribution >= 4 is 53.0 Å². The summed E-state index contributed by atoms with van der Waals surface area (Å²) in [4.78, 5) is 0.988. The lowest BCUT2D eigenvalue weighted by Gasteiger charge is -2.31. The van der Waals surface area contributed by atoms with Crippen molar-refractivity contribution in [2.75, 3.05) is 13.3 Å². The Bertz CT molecular complexity index is 489. The molecule has 7 heteroatoms. The van der Waals surface area contributed by atoms with E-state index >= 15 is 0 Å². The van der Waals surface area contributed by atoms with Crippen LogP contribution in [0.15, 0.2) is 14.3 Å². The second kappa shape index (κ2) is 5.28. The molecule has 0 aliphatic carbocycles. The van der Waals surface area contributed by atoms with Crippen molar-refractivity contribution in [3.8, 4) is 0 Å². The van der Waals surface area contributed by atoms with Gasteiger partial charge in [0.1, 0.15) is 0 Å². The third-order valence-electron chi connectivity index (χ3n) is 2.89. The maximum absolute atomic E-state index is 11.9. The predicted octanol–water partition coefficient (Wildman–Crippen LogP) is 3.36. The van der Waals surface area contributed by atoms with Crippen LogP contribution in [0.1, 0.15) is 24.8 Å². The quantitative estimate of drug-likeness (QED) is 0.836. The highest BCUT2D eigenvalue weighted by Gasteiger charge is 2.40. The monoisotopic (exact) mass is 403 g/mol. The normalized spacial score (nSPS) is 14.9. The fourth-order valence-corrected chi connectivity index (χ4v) is 4.69. The van der Waals surface area contributed by atoms with Gasteiger partial charge in [-0.2, -0.15) is 0 Å². The van der Waals surface area contributed by atoms with Gasteiger partial charge >= 0.3 is 0 Å². The highest BCUT2D eigenvalue weighted by Crippen LogP contribution is 2.40. The van der Waals surface area contributed by atoms with Crippen molar-refractivity contribution in [2.24, 2.45) is 0 Å². The highest BCUT2D eigenvalue weighted by atomic mass is 79.9. The van der Waals surface area contributed by atoms with Gasteiger partial charge in [-0.1, -0.05) is 0 Å². The summed E-state index contributed by atoms with van der Waals surface area (Å²) < 4.78 is 24.8. The van der Waals surface area contributed by atoms with E-state index in [9.17, 15) is 8.42 Å². The molecule has 0 saturated heterocycles. The Morgan fingerprint density at radius 1 is 1.41 bits per heavy atom. The van der Waals surface area contributed by atoms with Gasteiger partial charge in [-0.15, -0.1) is 11.3 Å². The van der Waals surface area contributed by atoms with Crippen molar-refractivity contribution in [3.63, 3.8) is 0 Å². The second-order valence-electron chi connectivity index (χ2n) is 4.37. The van der Waals surface area contributed by atoms with E-state index in [4.69, 9.17) is 0 Å². The summed E-state index contributed by atoms with van der Waals surface area (Å²) in [6, 6.07) is 1.72. The number of sulfone groups is 1. The van der Waals surface area contributed by atoms with Crippen LogP contribution in [0.4, 0.5) is 0 Å². The van der Waals surface area contributed by atoms with Crippen molar-refractivity contribution in [1.29, 1.82) is 0 Å². The van der Waals surface area contributed by atoms with E-state index < -0.39 is 14.6 Å². The minimum atomic E-state index is -3.15. The van der Waals surface area contributed by atoms with E-state index in [1.165, 1.54) is 17.6 Å². The van der Waals surface area contributed by atoms with Gasteiger partial charge in [0, 0.05) is 15.6 Å². The fourth-order valence-electron chi connectivity index (χ4n) is 1.55. The third kappa shape index (κ3) is 3.12. The van der Waals surface area contributed by atoms with Crippen LogP contribution in [0, 0.1) is 0 Å². The zero-order chi connectivity index (χ0) is 13.4. The molecule has 98 valence electrons. The molecular formula is C10H15Br2NO2S2. The first kappa shape index (κ1) is 15.6. The van der Waals surface area contributed by atoms with Crippen LogP contribution < -0.4 is 5.32 Å². The van der Waals surface area contributed by atoms with Crippen LogP contribution in [0.25, 0.3) is 0 Å². The van der Waals surface area contributed by atoms with Gasteiger partial charge in [-0.3, -0.25) is 0 Å². The molecule has 0 fully saturated rings. The molecule has 3 nitrogen and oxygen atoms in total. The molecule has 0 radical (unpaired) electrons. The van der Waals surface area contributed by atoms with Crippen LogP contribution in [-0.4, -0.2) is 26.5 Å².